The predicted molar refractivity (Wildman–Crippen MR) is 156 cm³/mol. The van der Waals surface area contributed by atoms with Crippen molar-refractivity contribution in [1.29, 1.82) is 0 Å². The molecule has 36 heavy (non-hydrogen) atoms. The van der Waals surface area contributed by atoms with Gasteiger partial charge in [0.25, 0.3) is 5.56 Å². The van der Waals surface area contributed by atoms with Crippen molar-refractivity contribution >= 4 is 28.3 Å². The van der Waals surface area contributed by atoms with Crippen LogP contribution in [-0.4, -0.2) is 14.7 Å². The van der Waals surface area contributed by atoms with Crippen LogP contribution < -0.4 is 11.3 Å². The first-order chi connectivity index (χ1) is 17.2. The summed E-state index contributed by atoms with van der Waals surface area (Å²) < 4.78 is 1.54. The Morgan fingerprint density at radius 1 is 1.03 bits per heavy atom. The van der Waals surface area contributed by atoms with Crippen molar-refractivity contribution in [1.82, 2.24) is 9.55 Å². The van der Waals surface area contributed by atoms with Crippen LogP contribution in [0.5, 0.6) is 0 Å². The van der Waals surface area contributed by atoms with Gasteiger partial charge in [0.15, 0.2) is 0 Å². The van der Waals surface area contributed by atoms with Crippen molar-refractivity contribution < 1.29 is 5.11 Å². The Balaban J connectivity index is 0.000000366. The number of aryl methyl sites for hydroxylation is 2. The largest absolute Gasteiger partial charge is 0.508 e. The van der Waals surface area contributed by atoms with Crippen molar-refractivity contribution in [3.63, 3.8) is 0 Å². The Bertz CT molecular complexity index is 1350. The molecule has 0 aliphatic carbocycles. The van der Waals surface area contributed by atoms with Gasteiger partial charge in [-0.1, -0.05) is 93.9 Å². The van der Waals surface area contributed by atoms with Crippen LogP contribution >= 0.6 is 11.6 Å². The zero-order chi connectivity index (χ0) is 27.4. The van der Waals surface area contributed by atoms with Crippen LogP contribution in [0.3, 0.4) is 0 Å². The first kappa shape index (κ1) is 30.6. The molecule has 192 valence electrons. The van der Waals surface area contributed by atoms with Crippen molar-refractivity contribution in [2.75, 3.05) is 0 Å². The number of aliphatic hydroxyl groups excluding tert-OH is 1. The van der Waals surface area contributed by atoms with Gasteiger partial charge in [0, 0.05) is 29.7 Å². The van der Waals surface area contributed by atoms with E-state index < -0.39 is 0 Å². The van der Waals surface area contributed by atoms with E-state index in [-0.39, 0.29) is 17.9 Å². The smallest absolute Gasteiger partial charge is 0.261 e. The predicted octanol–water partition coefficient (Wildman–Crippen LogP) is 7.60. The van der Waals surface area contributed by atoms with Crippen molar-refractivity contribution in [2.45, 2.75) is 48.1 Å². The molecule has 0 saturated carbocycles. The van der Waals surface area contributed by atoms with E-state index in [0.29, 0.717) is 21.7 Å². The second-order valence-electron chi connectivity index (χ2n) is 7.60. The molecule has 0 spiro atoms. The lowest BCUT2D eigenvalue weighted by molar-refractivity contribution is 0.513. The van der Waals surface area contributed by atoms with Gasteiger partial charge in [-0.3, -0.25) is 9.36 Å². The number of aromatic nitrogens is 2. The van der Waals surface area contributed by atoms with Gasteiger partial charge >= 0.3 is 0 Å². The molecule has 1 heterocycles. The minimum atomic E-state index is -0.129. The van der Waals surface area contributed by atoms with Crippen LogP contribution in [0.1, 0.15) is 49.9 Å². The summed E-state index contributed by atoms with van der Waals surface area (Å²) in [6.07, 6.45) is 0. The summed E-state index contributed by atoms with van der Waals surface area (Å²) in [4.78, 5) is 17.2. The molecular weight excluding hydrogens is 470 g/mol. The fourth-order valence-corrected chi connectivity index (χ4v) is 3.70. The van der Waals surface area contributed by atoms with Gasteiger partial charge in [-0.25, -0.2) is 4.98 Å². The maximum Gasteiger partial charge on any atom is 0.261 e. The van der Waals surface area contributed by atoms with Gasteiger partial charge < -0.3 is 10.8 Å². The van der Waals surface area contributed by atoms with Crippen LogP contribution in [0.15, 0.2) is 72.0 Å². The molecule has 0 aliphatic heterocycles. The SMILES string of the molecule is C=C(O)c1cc(C)ccc1C.CC.CC.Cn1c(-c2ccccc2)nc2c(CN)cc(Cl)cc2c1=O. The zero-order valence-corrected chi connectivity index (χ0v) is 23.1. The third-order valence-corrected chi connectivity index (χ3v) is 5.40. The summed E-state index contributed by atoms with van der Waals surface area (Å²) in [6, 6.07) is 18.9. The Morgan fingerprint density at radius 2 is 1.64 bits per heavy atom. The van der Waals surface area contributed by atoms with E-state index >= 15 is 0 Å². The average molecular weight is 508 g/mol. The number of halogens is 1. The maximum atomic E-state index is 12.6. The molecule has 4 rings (SSSR count). The van der Waals surface area contributed by atoms with Gasteiger partial charge in [-0.15, -0.1) is 0 Å². The fraction of sp³-hybridized carbons (Fsp3) is 0.267. The Hall–Kier alpha value is -3.41. The summed E-state index contributed by atoms with van der Waals surface area (Å²) in [6.45, 7) is 15.7. The van der Waals surface area contributed by atoms with E-state index in [1.54, 1.807) is 19.2 Å². The fourth-order valence-electron chi connectivity index (χ4n) is 3.46. The lowest BCUT2D eigenvalue weighted by Crippen LogP contribution is -2.21. The number of rotatable bonds is 3. The minimum absolute atomic E-state index is 0.129. The summed E-state index contributed by atoms with van der Waals surface area (Å²) in [7, 11) is 1.71. The molecular formula is C30H38ClN3O2. The zero-order valence-electron chi connectivity index (χ0n) is 22.4. The molecule has 1 aromatic heterocycles. The Morgan fingerprint density at radius 3 is 2.17 bits per heavy atom. The summed E-state index contributed by atoms with van der Waals surface area (Å²) >= 11 is 6.05. The standard InChI is InChI=1S/C16H14ClN3O.C10H12O.2C2H6/c1-20-15(10-5-3-2-4-6-10)19-14-11(9-18)7-12(17)8-13(14)16(20)21;1-7-4-5-8(2)10(6-7)9(3)11;2*1-2/h2-8H,9,18H2,1H3;4-6,11H,3H2,1-2H3;2*1-2H3. The molecule has 0 atom stereocenters. The van der Waals surface area contributed by atoms with E-state index in [9.17, 15) is 4.79 Å². The molecule has 6 heteroatoms. The molecule has 3 aromatic carbocycles. The molecule has 0 bridgehead atoms. The Labute approximate surface area is 219 Å². The molecule has 4 aromatic rings. The van der Waals surface area contributed by atoms with Gasteiger partial charge in [-0.2, -0.15) is 0 Å². The van der Waals surface area contributed by atoms with Gasteiger partial charge in [0.2, 0.25) is 0 Å². The van der Waals surface area contributed by atoms with E-state index in [1.165, 1.54) is 4.57 Å². The number of aliphatic hydroxyl groups is 1. The highest BCUT2D eigenvalue weighted by atomic mass is 35.5. The number of hydrogen-bond acceptors (Lipinski definition) is 4. The van der Waals surface area contributed by atoms with Crippen LogP contribution in [0, 0.1) is 13.8 Å². The number of benzene rings is 3. The van der Waals surface area contributed by atoms with Gasteiger partial charge in [-0.05, 0) is 43.2 Å². The molecule has 3 N–H and O–H groups in total. The van der Waals surface area contributed by atoms with Crippen molar-refractivity contribution in [2.24, 2.45) is 12.8 Å². The molecule has 0 aliphatic rings. The normalized spacial score (nSPS) is 9.69. The molecule has 0 fully saturated rings. The summed E-state index contributed by atoms with van der Waals surface area (Å²) in [5.41, 5.74) is 10.9. The molecule has 0 radical (unpaired) electrons. The van der Waals surface area contributed by atoms with E-state index in [0.717, 1.165) is 27.8 Å². The molecule has 0 saturated heterocycles. The number of fused-ring (bicyclic) bond motifs is 1. The quantitative estimate of drug-likeness (QED) is 0.280. The third-order valence-electron chi connectivity index (χ3n) is 5.18. The van der Waals surface area contributed by atoms with Gasteiger partial charge in [0.1, 0.15) is 11.6 Å². The van der Waals surface area contributed by atoms with Crippen LogP contribution in [-0.2, 0) is 13.6 Å². The van der Waals surface area contributed by atoms with Crippen molar-refractivity contribution in [3.05, 3.63) is 105 Å². The van der Waals surface area contributed by atoms with Crippen molar-refractivity contribution in [3.8, 4) is 11.4 Å². The van der Waals surface area contributed by atoms with E-state index in [2.05, 4.69) is 11.6 Å². The topological polar surface area (TPSA) is 81.1 Å². The molecule has 5 nitrogen and oxygen atoms in total. The highest BCUT2D eigenvalue weighted by molar-refractivity contribution is 6.31. The average Bonchev–Trinajstić information content (AvgIpc) is 2.90. The first-order valence-electron chi connectivity index (χ1n) is 12.1. The second-order valence-corrected chi connectivity index (χ2v) is 8.03. The molecule has 0 amide bonds. The van der Waals surface area contributed by atoms with E-state index in [4.69, 9.17) is 22.4 Å². The monoisotopic (exact) mass is 507 g/mol. The highest BCUT2D eigenvalue weighted by Crippen LogP contribution is 2.23. The lowest BCUT2D eigenvalue weighted by Gasteiger charge is -2.11. The Kier molecular flexibility index (Phi) is 12.6. The summed E-state index contributed by atoms with van der Waals surface area (Å²) in [5, 5.41) is 10.1. The maximum absolute atomic E-state index is 12.6. The van der Waals surface area contributed by atoms with Crippen LogP contribution in [0.4, 0.5) is 0 Å². The highest BCUT2D eigenvalue weighted by Gasteiger charge is 2.13. The second kappa shape index (κ2) is 14.9. The van der Waals surface area contributed by atoms with Gasteiger partial charge in [0.05, 0.1) is 10.9 Å². The third kappa shape index (κ3) is 7.54. The number of nitrogens with zero attached hydrogens (tertiary/aromatic N) is 2. The molecule has 0 unspecified atom stereocenters. The lowest BCUT2D eigenvalue weighted by atomic mass is 10.1. The van der Waals surface area contributed by atoms with Crippen LogP contribution in [0.25, 0.3) is 28.0 Å². The number of hydrogen-bond donors (Lipinski definition) is 2. The summed E-state index contributed by atoms with van der Waals surface area (Å²) in [5.74, 6) is 0.760. The minimum Gasteiger partial charge on any atom is -0.508 e. The number of nitrogens with two attached hydrogens (primary N) is 1. The van der Waals surface area contributed by atoms with E-state index in [1.807, 2.05) is 90.1 Å². The first-order valence-corrected chi connectivity index (χ1v) is 12.5. The van der Waals surface area contributed by atoms with Crippen LogP contribution in [0.2, 0.25) is 5.02 Å².